The Bertz CT molecular complexity index is 634. The van der Waals surface area contributed by atoms with Crippen LogP contribution in [0.1, 0.15) is 26.5 Å². The van der Waals surface area contributed by atoms with Crippen molar-refractivity contribution < 1.29 is 14.3 Å². The SMILES string of the molecule is COC(=O)c1ccc(CNc2cccc(C(N)=O)c2)[nH]1. The number of nitrogens with two attached hydrogens (primary N) is 1. The molecule has 1 amide bonds. The number of H-pyrrole nitrogens is 1. The van der Waals surface area contributed by atoms with E-state index in [1.165, 1.54) is 7.11 Å². The highest BCUT2D eigenvalue weighted by Crippen LogP contribution is 2.12. The van der Waals surface area contributed by atoms with E-state index in [2.05, 4.69) is 15.0 Å². The first-order valence-electron chi connectivity index (χ1n) is 6.00. The first-order chi connectivity index (χ1) is 9.60. The van der Waals surface area contributed by atoms with Gasteiger partial charge in [0.05, 0.1) is 13.7 Å². The molecule has 6 nitrogen and oxygen atoms in total. The van der Waals surface area contributed by atoms with Gasteiger partial charge in [0.15, 0.2) is 0 Å². The van der Waals surface area contributed by atoms with Gasteiger partial charge in [-0.2, -0.15) is 0 Å². The van der Waals surface area contributed by atoms with Crippen molar-refractivity contribution in [1.82, 2.24) is 4.98 Å². The fraction of sp³-hybridized carbons (Fsp3) is 0.143. The van der Waals surface area contributed by atoms with E-state index in [9.17, 15) is 9.59 Å². The first kappa shape index (κ1) is 13.7. The summed E-state index contributed by atoms with van der Waals surface area (Å²) in [4.78, 5) is 25.3. The molecule has 2 rings (SSSR count). The van der Waals surface area contributed by atoms with Crippen LogP contribution in [0.15, 0.2) is 36.4 Å². The number of ether oxygens (including phenoxy) is 1. The fourth-order valence-corrected chi connectivity index (χ4v) is 1.75. The molecule has 1 aromatic heterocycles. The Morgan fingerprint density at radius 1 is 1.30 bits per heavy atom. The number of hydrogen-bond donors (Lipinski definition) is 3. The minimum Gasteiger partial charge on any atom is -0.464 e. The minimum atomic E-state index is -0.471. The lowest BCUT2D eigenvalue weighted by Gasteiger charge is -2.06. The molecule has 0 aliphatic rings. The van der Waals surface area contributed by atoms with Crippen LogP contribution < -0.4 is 11.1 Å². The van der Waals surface area contributed by atoms with Crippen LogP contribution in [0.5, 0.6) is 0 Å². The van der Waals surface area contributed by atoms with E-state index in [1.807, 2.05) is 6.07 Å². The summed E-state index contributed by atoms with van der Waals surface area (Å²) >= 11 is 0. The van der Waals surface area contributed by atoms with Crippen LogP contribution >= 0.6 is 0 Å². The Hall–Kier alpha value is -2.76. The largest absolute Gasteiger partial charge is 0.464 e. The van der Waals surface area contributed by atoms with Gasteiger partial charge in [-0.1, -0.05) is 6.07 Å². The van der Waals surface area contributed by atoms with Crippen molar-refractivity contribution in [2.24, 2.45) is 5.73 Å². The lowest BCUT2D eigenvalue weighted by atomic mass is 10.2. The van der Waals surface area contributed by atoms with Crippen LogP contribution in [-0.2, 0) is 11.3 Å². The second kappa shape index (κ2) is 5.92. The molecule has 0 aliphatic heterocycles. The van der Waals surface area contributed by atoms with E-state index in [-0.39, 0.29) is 0 Å². The molecule has 2 aromatic rings. The average Bonchev–Trinajstić information content (AvgIpc) is 2.93. The van der Waals surface area contributed by atoms with Gasteiger partial charge in [0.2, 0.25) is 5.91 Å². The van der Waals surface area contributed by atoms with E-state index >= 15 is 0 Å². The van der Waals surface area contributed by atoms with Crippen LogP contribution in [0.4, 0.5) is 5.69 Å². The normalized spacial score (nSPS) is 10.1. The third kappa shape index (κ3) is 3.17. The molecular weight excluding hydrogens is 258 g/mol. The molecule has 0 radical (unpaired) electrons. The van der Waals surface area contributed by atoms with Crippen molar-refractivity contribution in [1.29, 1.82) is 0 Å². The molecule has 1 heterocycles. The van der Waals surface area contributed by atoms with Gasteiger partial charge in [0.25, 0.3) is 0 Å². The maximum Gasteiger partial charge on any atom is 0.354 e. The van der Waals surface area contributed by atoms with Gasteiger partial charge in [-0.15, -0.1) is 0 Å². The van der Waals surface area contributed by atoms with Crippen LogP contribution in [0.3, 0.4) is 0 Å². The number of aromatic amines is 1. The van der Waals surface area contributed by atoms with Crippen molar-refractivity contribution in [2.75, 3.05) is 12.4 Å². The Balaban J connectivity index is 2.01. The summed E-state index contributed by atoms with van der Waals surface area (Å²) in [6.45, 7) is 0.485. The van der Waals surface area contributed by atoms with Gasteiger partial charge in [-0.25, -0.2) is 4.79 Å². The highest BCUT2D eigenvalue weighted by Gasteiger charge is 2.07. The summed E-state index contributed by atoms with van der Waals surface area (Å²) < 4.78 is 4.61. The Kier molecular flexibility index (Phi) is 4.05. The zero-order valence-electron chi connectivity index (χ0n) is 11.0. The van der Waals surface area contributed by atoms with E-state index in [0.717, 1.165) is 11.4 Å². The average molecular weight is 273 g/mol. The van der Waals surface area contributed by atoms with Gasteiger partial charge in [0.1, 0.15) is 5.69 Å². The van der Waals surface area contributed by atoms with Gasteiger partial charge in [-0.05, 0) is 30.3 Å². The summed E-state index contributed by atoms with van der Waals surface area (Å²) in [5, 5.41) is 3.14. The molecule has 0 aliphatic carbocycles. The summed E-state index contributed by atoms with van der Waals surface area (Å²) in [5.41, 5.74) is 7.66. The number of anilines is 1. The number of aromatic nitrogens is 1. The van der Waals surface area contributed by atoms with Crippen molar-refractivity contribution >= 4 is 17.6 Å². The third-order valence-electron chi connectivity index (χ3n) is 2.78. The lowest BCUT2D eigenvalue weighted by molar-refractivity contribution is 0.0594. The van der Waals surface area contributed by atoms with E-state index in [4.69, 9.17) is 5.73 Å². The number of rotatable bonds is 5. The van der Waals surface area contributed by atoms with Crippen molar-refractivity contribution in [3.63, 3.8) is 0 Å². The van der Waals surface area contributed by atoms with Gasteiger partial charge >= 0.3 is 5.97 Å². The molecule has 0 atom stereocenters. The van der Waals surface area contributed by atoms with Crippen molar-refractivity contribution in [3.05, 3.63) is 53.3 Å². The lowest BCUT2D eigenvalue weighted by Crippen LogP contribution is -2.11. The molecule has 0 saturated carbocycles. The summed E-state index contributed by atoms with van der Waals surface area (Å²) in [6.07, 6.45) is 0. The van der Waals surface area contributed by atoms with Crippen molar-refractivity contribution in [2.45, 2.75) is 6.54 Å². The smallest absolute Gasteiger partial charge is 0.354 e. The first-order valence-corrected chi connectivity index (χ1v) is 6.00. The van der Waals surface area contributed by atoms with Crippen LogP contribution in [0, 0.1) is 0 Å². The maximum atomic E-state index is 11.3. The molecule has 4 N–H and O–H groups in total. The quantitative estimate of drug-likeness (QED) is 0.719. The predicted octanol–water partition coefficient (Wildman–Crippen LogP) is 1.51. The zero-order valence-corrected chi connectivity index (χ0v) is 11.0. The number of carbonyl (C=O) groups is 2. The van der Waals surface area contributed by atoms with Crippen LogP contribution in [-0.4, -0.2) is 24.0 Å². The van der Waals surface area contributed by atoms with Gasteiger partial charge in [0, 0.05) is 16.9 Å². The zero-order chi connectivity index (χ0) is 14.5. The molecule has 1 aromatic carbocycles. The molecule has 0 bridgehead atoms. The van der Waals surface area contributed by atoms with Crippen molar-refractivity contribution in [3.8, 4) is 0 Å². The number of amides is 1. The van der Waals surface area contributed by atoms with Gasteiger partial charge < -0.3 is 20.8 Å². The Morgan fingerprint density at radius 2 is 2.10 bits per heavy atom. The number of benzene rings is 1. The van der Waals surface area contributed by atoms with Crippen LogP contribution in [0.25, 0.3) is 0 Å². The number of hydrogen-bond acceptors (Lipinski definition) is 4. The molecule has 0 fully saturated rings. The monoisotopic (exact) mass is 273 g/mol. The molecule has 0 spiro atoms. The Morgan fingerprint density at radius 3 is 2.80 bits per heavy atom. The van der Waals surface area contributed by atoms with E-state index in [0.29, 0.717) is 17.8 Å². The number of carbonyl (C=O) groups excluding carboxylic acids is 2. The molecule has 20 heavy (non-hydrogen) atoms. The second-order valence-corrected chi connectivity index (χ2v) is 4.19. The standard InChI is InChI=1S/C14H15N3O3/c1-20-14(19)12-6-5-11(17-12)8-16-10-4-2-3-9(7-10)13(15)18/h2-7,16-17H,8H2,1H3,(H2,15,18). The topological polar surface area (TPSA) is 97.2 Å². The maximum absolute atomic E-state index is 11.3. The fourth-order valence-electron chi connectivity index (χ4n) is 1.75. The molecule has 0 saturated heterocycles. The summed E-state index contributed by atoms with van der Waals surface area (Å²) in [7, 11) is 1.33. The number of primary amides is 1. The van der Waals surface area contributed by atoms with Crippen LogP contribution in [0.2, 0.25) is 0 Å². The second-order valence-electron chi connectivity index (χ2n) is 4.19. The highest BCUT2D eigenvalue weighted by molar-refractivity contribution is 5.93. The number of esters is 1. The molecule has 6 heteroatoms. The summed E-state index contributed by atoms with van der Waals surface area (Å²) in [5.74, 6) is -0.881. The predicted molar refractivity (Wildman–Crippen MR) is 74.4 cm³/mol. The summed E-state index contributed by atoms with van der Waals surface area (Å²) in [6, 6.07) is 10.3. The Labute approximate surface area is 115 Å². The third-order valence-corrected chi connectivity index (χ3v) is 2.78. The minimum absolute atomic E-state index is 0.398. The number of methoxy groups -OCH3 is 1. The van der Waals surface area contributed by atoms with Gasteiger partial charge in [-0.3, -0.25) is 4.79 Å². The van der Waals surface area contributed by atoms with E-state index in [1.54, 1.807) is 30.3 Å². The number of nitrogens with one attached hydrogen (secondary N) is 2. The van der Waals surface area contributed by atoms with E-state index < -0.39 is 11.9 Å². The molecule has 104 valence electrons. The molecular formula is C14H15N3O3. The molecule has 0 unspecified atom stereocenters. The highest BCUT2D eigenvalue weighted by atomic mass is 16.5.